The van der Waals surface area contributed by atoms with E-state index in [-0.39, 0.29) is 5.56 Å². The Balaban J connectivity index is 1.63. The highest BCUT2D eigenvalue weighted by Crippen LogP contribution is 2.28. The number of para-hydroxylation sites is 1. The zero-order valence-electron chi connectivity index (χ0n) is 17.0. The van der Waals surface area contributed by atoms with Crippen LogP contribution in [-0.2, 0) is 0 Å². The zero-order valence-corrected chi connectivity index (χ0v) is 19.3. The highest BCUT2D eigenvalue weighted by molar-refractivity contribution is 7.15. The molecule has 0 atom stereocenters. The van der Waals surface area contributed by atoms with Crippen molar-refractivity contribution in [3.05, 3.63) is 73.0 Å². The lowest BCUT2D eigenvalue weighted by molar-refractivity contribution is 0.304. The van der Waals surface area contributed by atoms with Crippen molar-refractivity contribution in [2.24, 2.45) is 0 Å². The first-order valence-corrected chi connectivity index (χ1v) is 11.7. The summed E-state index contributed by atoms with van der Waals surface area (Å²) >= 11 is 13.5. The minimum Gasteiger partial charge on any atom is -0.493 e. The Labute approximate surface area is 193 Å². The number of hydrogen-bond donors (Lipinski definition) is 0. The maximum Gasteiger partial charge on any atom is 0.291 e. The van der Waals surface area contributed by atoms with Gasteiger partial charge in [-0.15, -0.1) is 5.10 Å². The van der Waals surface area contributed by atoms with Crippen molar-refractivity contribution in [1.82, 2.24) is 14.6 Å². The van der Waals surface area contributed by atoms with Crippen molar-refractivity contribution in [3.8, 4) is 17.1 Å². The largest absolute Gasteiger partial charge is 0.493 e. The molecule has 0 unspecified atom stereocenters. The summed E-state index contributed by atoms with van der Waals surface area (Å²) in [5.74, 6) is 1.17. The van der Waals surface area contributed by atoms with Crippen molar-refractivity contribution >= 4 is 45.6 Å². The summed E-state index contributed by atoms with van der Waals surface area (Å²) in [6.45, 7) is 2.85. The van der Waals surface area contributed by atoms with E-state index in [2.05, 4.69) is 17.0 Å². The molecule has 0 saturated heterocycles. The monoisotopic (exact) mass is 473 g/mol. The van der Waals surface area contributed by atoms with Crippen LogP contribution in [0.3, 0.4) is 0 Å². The molecule has 0 amide bonds. The van der Waals surface area contributed by atoms with E-state index in [0.717, 1.165) is 24.2 Å². The number of aromatic nitrogens is 3. The minimum absolute atomic E-state index is 0.221. The van der Waals surface area contributed by atoms with Gasteiger partial charge in [0.25, 0.3) is 5.56 Å². The Morgan fingerprint density at radius 3 is 2.74 bits per heavy atom. The number of nitrogens with zero attached hydrogens (tertiary/aromatic N) is 3. The third-order valence-electron chi connectivity index (χ3n) is 4.81. The highest BCUT2D eigenvalue weighted by atomic mass is 35.5. The van der Waals surface area contributed by atoms with Gasteiger partial charge in [0.15, 0.2) is 5.82 Å². The topological polar surface area (TPSA) is 56.5 Å². The SMILES string of the molecule is CCCCCCOc1ccccc1C=c1sc2nc(-c3ccc(Cl)cc3Cl)nn2c1=O. The number of hydrogen-bond acceptors (Lipinski definition) is 5. The van der Waals surface area contributed by atoms with Crippen LogP contribution in [-0.4, -0.2) is 21.2 Å². The first-order chi connectivity index (χ1) is 15.1. The normalized spacial score (nSPS) is 12.0. The van der Waals surface area contributed by atoms with E-state index in [1.54, 1.807) is 18.2 Å². The molecule has 4 aromatic rings. The van der Waals surface area contributed by atoms with Gasteiger partial charge in [-0.1, -0.05) is 78.9 Å². The summed E-state index contributed by atoms with van der Waals surface area (Å²) in [6, 6.07) is 12.8. The van der Waals surface area contributed by atoms with Gasteiger partial charge >= 0.3 is 0 Å². The first-order valence-electron chi connectivity index (χ1n) is 10.2. The molecule has 0 aliphatic carbocycles. The fraction of sp³-hybridized carbons (Fsp3) is 0.261. The van der Waals surface area contributed by atoms with E-state index < -0.39 is 0 Å². The lowest BCUT2D eigenvalue weighted by Gasteiger charge is -2.08. The number of ether oxygens (including phenoxy) is 1. The van der Waals surface area contributed by atoms with Crippen LogP contribution in [0, 0.1) is 0 Å². The summed E-state index contributed by atoms with van der Waals surface area (Å²) in [5, 5.41) is 5.33. The van der Waals surface area contributed by atoms with Crippen LogP contribution >= 0.6 is 34.5 Å². The average Bonchev–Trinajstić information content (AvgIpc) is 3.28. The molecule has 2 heterocycles. The molecule has 8 heteroatoms. The van der Waals surface area contributed by atoms with Crippen LogP contribution < -0.4 is 14.8 Å². The summed E-state index contributed by atoms with van der Waals surface area (Å²) in [6.07, 6.45) is 6.40. The van der Waals surface area contributed by atoms with E-state index in [1.807, 2.05) is 30.3 Å². The van der Waals surface area contributed by atoms with Crippen LogP contribution in [0.5, 0.6) is 5.75 Å². The molecule has 0 aliphatic rings. The summed E-state index contributed by atoms with van der Waals surface area (Å²) in [7, 11) is 0. The lowest BCUT2D eigenvalue weighted by Crippen LogP contribution is -2.23. The molecule has 4 rings (SSSR count). The van der Waals surface area contributed by atoms with Crippen molar-refractivity contribution in [3.63, 3.8) is 0 Å². The minimum atomic E-state index is -0.221. The molecule has 0 saturated carbocycles. The second kappa shape index (κ2) is 9.81. The average molecular weight is 474 g/mol. The van der Waals surface area contributed by atoms with Gasteiger partial charge in [-0.3, -0.25) is 4.79 Å². The van der Waals surface area contributed by atoms with E-state index in [4.69, 9.17) is 27.9 Å². The van der Waals surface area contributed by atoms with Crippen LogP contribution in [0.2, 0.25) is 10.0 Å². The Bertz CT molecular complexity index is 1320. The maximum atomic E-state index is 12.9. The predicted octanol–water partition coefficient (Wildman–Crippen LogP) is 5.63. The molecule has 2 aromatic heterocycles. The van der Waals surface area contributed by atoms with Crippen LogP contribution in [0.4, 0.5) is 0 Å². The number of benzene rings is 2. The summed E-state index contributed by atoms with van der Waals surface area (Å²) < 4.78 is 7.82. The molecule has 0 radical (unpaired) electrons. The van der Waals surface area contributed by atoms with E-state index in [9.17, 15) is 4.79 Å². The van der Waals surface area contributed by atoms with E-state index >= 15 is 0 Å². The van der Waals surface area contributed by atoms with E-state index in [0.29, 0.717) is 37.5 Å². The third-order valence-corrected chi connectivity index (χ3v) is 6.32. The molecule has 0 bridgehead atoms. The Morgan fingerprint density at radius 2 is 1.97 bits per heavy atom. The fourth-order valence-corrected chi connectivity index (χ4v) is 4.59. The number of halogens is 2. The third kappa shape index (κ3) is 4.92. The zero-order chi connectivity index (χ0) is 21.8. The van der Waals surface area contributed by atoms with Crippen LogP contribution in [0.15, 0.2) is 47.3 Å². The molecule has 2 aromatic carbocycles. The summed E-state index contributed by atoms with van der Waals surface area (Å²) in [4.78, 5) is 17.9. The van der Waals surface area contributed by atoms with Gasteiger partial charge in [-0.25, -0.2) is 0 Å². The van der Waals surface area contributed by atoms with Gasteiger partial charge in [0.05, 0.1) is 16.2 Å². The Morgan fingerprint density at radius 1 is 1.13 bits per heavy atom. The molecule has 0 fully saturated rings. The molecule has 160 valence electrons. The second-order valence-corrected chi connectivity index (χ2v) is 8.97. The van der Waals surface area contributed by atoms with E-state index in [1.165, 1.54) is 28.7 Å². The van der Waals surface area contributed by atoms with Crippen molar-refractivity contribution < 1.29 is 4.74 Å². The van der Waals surface area contributed by atoms with Crippen LogP contribution in [0.25, 0.3) is 22.4 Å². The molecular formula is C23H21Cl2N3O2S. The molecule has 0 spiro atoms. The van der Waals surface area contributed by atoms with Gasteiger partial charge in [-0.05, 0) is 36.8 Å². The number of fused-ring (bicyclic) bond motifs is 1. The van der Waals surface area contributed by atoms with Crippen molar-refractivity contribution in [1.29, 1.82) is 0 Å². The smallest absolute Gasteiger partial charge is 0.291 e. The molecular weight excluding hydrogens is 453 g/mol. The number of rotatable bonds is 8. The molecule has 0 aliphatic heterocycles. The molecule has 5 nitrogen and oxygen atoms in total. The Hall–Kier alpha value is -2.41. The maximum absolute atomic E-state index is 12.9. The standard InChI is InChI=1S/C23H21Cl2N3O2S/c1-2-3-4-7-12-30-19-9-6-5-8-15(19)13-20-22(29)28-23(31-20)26-21(27-28)17-11-10-16(24)14-18(17)25/h5-6,8-11,13-14H,2-4,7,12H2,1H3. The van der Waals surface area contributed by atoms with Gasteiger partial charge in [0, 0.05) is 16.1 Å². The second-order valence-electron chi connectivity index (χ2n) is 7.12. The number of thiazole rings is 1. The van der Waals surface area contributed by atoms with Gasteiger partial charge < -0.3 is 4.74 Å². The van der Waals surface area contributed by atoms with Gasteiger partial charge in [-0.2, -0.15) is 9.50 Å². The van der Waals surface area contributed by atoms with Crippen molar-refractivity contribution in [2.75, 3.05) is 6.61 Å². The predicted molar refractivity (Wildman–Crippen MR) is 127 cm³/mol. The van der Waals surface area contributed by atoms with Crippen LogP contribution in [0.1, 0.15) is 38.2 Å². The summed E-state index contributed by atoms with van der Waals surface area (Å²) in [5.41, 5.74) is 1.27. The molecule has 31 heavy (non-hydrogen) atoms. The van der Waals surface area contributed by atoms with Crippen molar-refractivity contribution in [2.45, 2.75) is 32.6 Å². The molecule has 0 N–H and O–H groups in total. The quantitative estimate of drug-likeness (QED) is 0.311. The fourth-order valence-electron chi connectivity index (χ4n) is 3.20. The first kappa shape index (κ1) is 21.8. The number of unbranched alkanes of at least 4 members (excludes halogenated alkanes) is 3. The lowest BCUT2D eigenvalue weighted by atomic mass is 10.2. The Kier molecular flexibility index (Phi) is 6.90. The van der Waals surface area contributed by atoms with Gasteiger partial charge in [0.1, 0.15) is 5.75 Å². The van der Waals surface area contributed by atoms with Gasteiger partial charge in [0.2, 0.25) is 4.96 Å². The highest BCUT2D eigenvalue weighted by Gasteiger charge is 2.15.